The Morgan fingerprint density at radius 3 is 2.11 bits per heavy atom. The van der Waals surface area contributed by atoms with Crippen LogP contribution in [0.5, 0.6) is 0 Å². The monoisotopic (exact) mass is 753 g/mol. The van der Waals surface area contributed by atoms with Gasteiger partial charge in [0.1, 0.15) is 11.9 Å². The summed E-state index contributed by atoms with van der Waals surface area (Å²) in [6, 6.07) is 0. The molecular formula is C26H45N2O8PbS. The Hall–Kier alpha value is -1.07. The average molecular weight is 753 g/mol. The first-order valence-electron chi connectivity index (χ1n) is 12.6. The van der Waals surface area contributed by atoms with Crippen molar-refractivity contribution in [1.29, 1.82) is 0 Å². The second-order valence-corrected chi connectivity index (χ2v) is 8.76. The smallest absolute Gasteiger partial charge is 0.121 e. The molecule has 1 unspecified atom stereocenters. The summed E-state index contributed by atoms with van der Waals surface area (Å²) >= 11 is 1.96. The number of carbonyl (C=O) groups excluding carboxylic acids is 1. The molecule has 1 heterocycles. The van der Waals surface area contributed by atoms with Gasteiger partial charge in [0.05, 0.1) is 46.2 Å². The van der Waals surface area contributed by atoms with E-state index in [4.69, 9.17) is 29.8 Å². The molecule has 2 aliphatic rings. The van der Waals surface area contributed by atoms with E-state index in [1.54, 1.807) is 26.2 Å². The Balaban J connectivity index is 0. The minimum Gasteiger partial charge on any atom is -0.510 e. The molecule has 1 atom stereocenters. The number of nitrogens with two attached hydrogens (primary N) is 1. The first kappa shape index (κ1) is 39.1. The minimum atomic E-state index is -0.237. The number of aliphatic hydroxyl groups is 2. The van der Waals surface area contributed by atoms with Crippen LogP contribution >= 0.6 is 11.8 Å². The molecule has 1 aliphatic heterocycles. The molecule has 0 aromatic carbocycles. The van der Waals surface area contributed by atoms with Gasteiger partial charge in [-0.25, -0.2) is 0 Å². The Kier molecular flexibility index (Phi) is 29.7. The summed E-state index contributed by atoms with van der Waals surface area (Å²) in [7, 11) is 1.68. The number of carbonyl (C=O) groups is 1. The normalized spacial score (nSPS) is 19.3. The molecule has 0 aromatic rings. The van der Waals surface area contributed by atoms with Gasteiger partial charge in [0.2, 0.25) is 0 Å². The van der Waals surface area contributed by atoms with Gasteiger partial charge in [0.25, 0.3) is 0 Å². The van der Waals surface area contributed by atoms with Crippen molar-refractivity contribution in [3.63, 3.8) is 0 Å². The second-order valence-electron chi connectivity index (χ2n) is 6.86. The van der Waals surface area contributed by atoms with E-state index in [9.17, 15) is 9.90 Å². The number of nitrogens with zero attached hydrogens (tertiary/aromatic N) is 1. The summed E-state index contributed by atoms with van der Waals surface area (Å²) < 4.78 is 29.9. The molecule has 1 aliphatic carbocycles. The van der Waals surface area contributed by atoms with Gasteiger partial charge < -0.3 is 34.5 Å². The third-order valence-electron chi connectivity index (χ3n) is 4.32. The maximum absolute atomic E-state index is 11.4. The van der Waals surface area contributed by atoms with Crippen molar-refractivity contribution >= 4 is 48.7 Å². The molecule has 1 fully saturated rings. The summed E-state index contributed by atoms with van der Waals surface area (Å²) in [6.07, 6.45) is 8.47. The molecule has 4 N–H and O–H groups in total. The number of hydrogen-bond acceptors (Lipinski definition) is 11. The molecule has 2 rings (SSSR count). The zero-order valence-corrected chi connectivity index (χ0v) is 28.0. The fourth-order valence-electron chi connectivity index (χ4n) is 2.45. The molecule has 0 amide bonds. The quantitative estimate of drug-likeness (QED) is 0.111. The summed E-state index contributed by atoms with van der Waals surface area (Å²) in [4.78, 5) is 12.0. The minimum absolute atomic E-state index is 0.125. The molecule has 12 heteroatoms. The fourth-order valence-corrected chi connectivity index (χ4v) is 4.28. The fraction of sp³-hybridized carbons (Fsp3) is 0.615. The largest absolute Gasteiger partial charge is 0.510 e. The number of thioether (sulfide) groups is 1. The number of ketones is 1. The SMILES string of the molecule is C/C=C1\SC(=[N]\[Pb])/C(=C\O)C1=O.CC.CCOC.NCCOCCOCCOCCOC1CC=CC=C1O. The van der Waals surface area contributed by atoms with Crippen molar-refractivity contribution in [2.75, 3.05) is 66.5 Å². The molecule has 0 spiro atoms. The first-order chi connectivity index (χ1) is 18.5. The molecule has 0 aromatic heterocycles. The number of allylic oxidation sites excluding steroid dienone is 4. The van der Waals surface area contributed by atoms with Crippen LogP contribution in [0.3, 0.4) is 0 Å². The Morgan fingerprint density at radius 1 is 1.13 bits per heavy atom. The van der Waals surface area contributed by atoms with Crippen LogP contribution in [-0.2, 0) is 28.5 Å². The summed E-state index contributed by atoms with van der Waals surface area (Å²) in [5.41, 5.74) is 5.60. The van der Waals surface area contributed by atoms with E-state index in [0.717, 1.165) is 12.9 Å². The maximum atomic E-state index is 11.4. The molecule has 38 heavy (non-hydrogen) atoms. The molecule has 3 radical (unpaired) electrons. The van der Waals surface area contributed by atoms with Crippen molar-refractivity contribution < 1.29 is 38.7 Å². The van der Waals surface area contributed by atoms with Gasteiger partial charge in [-0.05, 0) is 19.4 Å². The van der Waals surface area contributed by atoms with Crippen LogP contribution in [0, 0.1) is 0 Å². The molecule has 0 saturated carbocycles. The standard InChI is InChI=1S/C14H25NO5.C7H6NO2S.C3H8O.C2H6.Pb/c15-5-6-17-7-8-18-9-10-19-11-12-20-14-4-2-1-3-13(14)16;1-2-5-6(10)4(3-9)7(8)11-5;1-3-4-2;1-2;/h1-3,14,16H,4-12,15H2;2-3,9H,1H3;3H2,1-2H3;1-2H3;/q;-1;;;+1/b;4-3-,5-2-;;;. The Morgan fingerprint density at radius 2 is 1.68 bits per heavy atom. The van der Waals surface area contributed by atoms with Crippen LogP contribution in [-0.4, -0.2) is 120 Å². The van der Waals surface area contributed by atoms with Crippen LogP contribution in [0.4, 0.5) is 0 Å². The van der Waals surface area contributed by atoms with E-state index in [1.807, 2.05) is 32.9 Å². The van der Waals surface area contributed by atoms with Gasteiger partial charge in [-0.3, -0.25) is 0 Å². The third-order valence-corrected chi connectivity index (χ3v) is 6.97. The molecular weight excluding hydrogens is 708 g/mol. The van der Waals surface area contributed by atoms with Crippen LogP contribution in [0.25, 0.3) is 0 Å². The number of methoxy groups -OCH3 is 1. The van der Waals surface area contributed by atoms with Gasteiger partial charge in [0.15, 0.2) is 0 Å². The average Bonchev–Trinajstić information content (AvgIpc) is 3.28. The summed E-state index contributed by atoms with van der Waals surface area (Å²) in [5.74, 6) is 0.146. The maximum Gasteiger partial charge on any atom is 0.121 e. The van der Waals surface area contributed by atoms with Gasteiger partial charge in [0, 0.05) is 20.3 Å². The van der Waals surface area contributed by atoms with Crippen molar-refractivity contribution in [1.82, 2.24) is 0 Å². The number of hydrogen-bond donors (Lipinski definition) is 3. The Labute approximate surface area is 248 Å². The van der Waals surface area contributed by atoms with Gasteiger partial charge in [-0.1, -0.05) is 26.0 Å². The van der Waals surface area contributed by atoms with Crippen molar-refractivity contribution in [2.45, 2.75) is 40.2 Å². The van der Waals surface area contributed by atoms with E-state index in [2.05, 4.69) is 7.54 Å². The van der Waals surface area contributed by atoms with E-state index in [-0.39, 0.29) is 17.6 Å². The van der Waals surface area contributed by atoms with Crippen LogP contribution in [0.2, 0.25) is 0 Å². The first-order valence-corrected chi connectivity index (χ1v) is 15.1. The van der Waals surface area contributed by atoms with Gasteiger partial charge >= 0.3 is 91.1 Å². The molecule has 10 nitrogen and oxygen atoms in total. The topological polar surface area (TPSA) is 142 Å². The number of rotatable bonds is 13. The summed E-state index contributed by atoms with van der Waals surface area (Å²) in [6.45, 7) is 12.8. The van der Waals surface area contributed by atoms with Crippen molar-refractivity contribution in [2.24, 2.45) is 8.54 Å². The number of ether oxygens (including phenoxy) is 5. The predicted molar refractivity (Wildman–Crippen MR) is 155 cm³/mol. The van der Waals surface area contributed by atoms with E-state index in [0.29, 0.717) is 101 Å². The molecule has 1 saturated heterocycles. The van der Waals surface area contributed by atoms with Crippen molar-refractivity contribution in [3.05, 3.63) is 46.8 Å². The second kappa shape index (κ2) is 28.9. The molecule has 0 bridgehead atoms. The zero-order valence-electron chi connectivity index (χ0n) is 23.3. The van der Waals surface area contributed by atoms with Crippen LogP contribution < -0.4 is 5.73 Å². The summed E-state index contributed by atoms with van der Waals surface area (Å²) in [5, 5.41) is 18.9. The third kappa shape index (κ3) is 19.1. The van der Waals surface area contributed by atoms with E-state index in [1.165, 1.54) is 11.8 Å². The molecule has 217 valence electrons. The van der Waals surface area contributed by atoms with Gasteiger partial charge in [-0.2, -0.15) is 0 Å². The number of Topliss-reactive ketones (excluding diaryl/α,β-unsaturated/α-hetero) is 1. The number of aliphatic hydroxyl groups excluding tert-OH is 2. The van der Waals surface area contributed by atoms with Crippen molar-refractivity contribution in [3.8, 4) is 0 Å². The van der Waals surface area contributed by atoms with Crippen LogP contribution in [0.1, 0.15) is 34.1 Å². The van der Waals surface area contributed by atoms with Gasteiger partial charge in [-0.15, -0.1) is 0 Å². The van der Waals surface area contributed by atoms with E-state index < -0.39 is 0 Å². The van der Waals surface area contributed by atoms with Crippen LogP contribution in [0.15, 0.2) is 49.6 Å². The van der Waals surface area contributed by atoms with E-state index >= 15 is 0 Å². The predicted octanol–water partition coefficient (Wildman–Crippen LogP) is 3.59. The zero-order chi connectivity index (χ0) is 29.0. The Bertz CT molecular complexity index is 752.